The first kappa shape index (κ1) is 12.9. The second kappa shape index (κ2) is 5.09. The lowest BCUT2D eigenvalue weighted by Gasteiger charge is -2.06. The summed E-state index contributed by atoms with van der Waals surface area (Å²) in [5, 5.41) is 0.828. The molecule has 0 spiro atoms. The standard InChI is InChI=1S/C15H15N3OS/c1-9-4-3-5-11(16)14(9)20-15-17-12-7-6-10(19-2)8-13(12)18-15/h3-8H,16H2,1-2H3,(H,17,18). The molecule has 5 heteroatoms. The number of benzene rings is 2. The van der Waals surface area contributed by atoms with Crippen molar-refractivity contribution in [2.45, 2.75) is 17.0 Å². The lowest BCUT2D eigenvalue weighted by Crippen LogP contribution is -1.91. The van der Waals surface area contributed by atoms with Crippen LogP contribution in [0.3, 0.4) is 0 Å². The number of imidazole rings is 1. The summed E-state index contributed by atoms with van der Waals surface area (Å²) in [5.74, 6) is 0.813. The Morgan fingerprint density at radius 3 is 2.85 bits per heavy atom. The Morgan fingerprint density at radius 2 is 2.10 bits per heavy atom. The molecule has 0 amide bonds. The van der Waals surface area contributed by atoms with Crippen LogP contribution in [0.25, 0.3) is 11.0 Å². The van der Waals surface area contributed by atoms with Gasteiger partial charge in [-0.1, -0.05) is 12.1 Å². The Bertz CT molecular complexity index is 747. The Hall–Kier alpha value is -2.14. The summed E-state index contributed by atoms with van der Waals surface area (Å²) in [6.07, 6.45) is 0. The molecule has 0 fully saturated rings. The van der Waals surface area contributed by atoms with Gasteiger partial charge < -0.3 is 15.5 Å². The first-order chi connectivity index (χ1) is 9.67. The van der Waals surface area contributed by atoms with Gasteiger partial charge in [0.25, 0.3) is 0 Å². The van der Waals surface area contributed by atoms with Crippen LogP contribution in [0, 0.1) is 6.92 Å². The van der Waals surface area contributed by atoms with Crippen LogP contribution < -0.4 is 10.5 Å². The first-order valence-electron chi connectivity index (χ1n) is 6.24. The molecule has 0 aliphatic heterocycles. The van der Waals surface area contributed by atoms with Gasteiger partial charge >= 0.3 is 0 Å². The summed E-state index contributed by atoms with van der Waals surface area (Å²) in [7, 11) is 1.65. The second-order valence-corrected chi connectivity index (χ2v) is 5.52. The molecule has 1 aromatic heterocycles. The highest BCUT2D eigenvalue weighted by molar-refractivity contribution is 7.99. The quantitative estimate of drug-likeness (QED) is 0.721. The predicted molar refractivity (Wildman–Crippen MR) is 82.4 cm³/mol. The Morgan fingerprint density at radius 1 is 1.25 bits per heavy atom. The molecule has 3 N–H and O–H groups in total. The van der Waals surface area contributed by atoms with E-state index < -0.39 is 0 Å². The highest BCUT2D eigenvalue weighted by atomic mass is 32.2. The van der Waals surface area contributed by atoms with Crippen LogP contribution in [0.15, 0.2) is 46.5 Å². The fraction of sp³-hybridized carbons (Fsp3) is 0.133. The summed E-state index contributed by atoms with van der Waals surface area (Å²) >= 11 is 1.55. The smallest absolute Gasteiger partial charge is 0.171 e. The summed E-state index contributed by atoms with van der Waals surface area (Å²) < 4.78 is 5.21. The molecule has 0 saturated heterocycles. The van der Waals surface area contributed by atoms with Crippen LogP contribution >= 0.6 is 11.8 Å². The third-order valence-corrected chi connectivity index (χ3v) is 4.26. The Labute approximate surface area is 121 Å². The van der Waals surface area contributed by atoms with Gasteiger partial charge in [-0.3, -0.25) is 0 Å². The van der Waals surface area contributed by atoms with Crippen molar-refractivity contribution in [3.8, 4) is 5.75 Å². The summed E-state index contributed by atoms with van der Waals surface area (Å²) in [6, 6.07) is 11.7. The molecular weight excluding hydrogens is 270 g/mol. The van der Waals surface area contributed by atoms with Gasteiger partial charge in [0.15, 0.2) is 5.16 Å². The zero-order valence-electron chi connectivity index (χ0n) is 11.3. The van der Waals surface area contributed by atoms with Gasteiger partial charge in [-0.05, 0) is 42.4 Å². The van der Waals surface area contributed by atoms with Crippen molar-refractivity contribution in [2.75, 3.05) is 12.8 Å². The normalized spacial score (nSPS) is 10.9. The number of nitrogens with two attached hydrogens (primary N) is 1. The fourth-order valence-corrected chi connectivity index (χ4v) is 2.97. The average molecular weight is 285 g/mol. The lowest BCUT2D eigenvalue weighted by molar-refractivity contribution is 0.415. The van der Waals surface area contributed by atoms with Gasteiger partial charge in [0.1, 0.15) is 5.75 Å². The van der Waals surface area contributed by atoms with Crippen LogP contribution in [0.5, 0.6) is 5.75 Å². The number of nitrogens with zero attached hydrogens (tertiary/aromatic N) is 1. The molecule has 102 valence electrons. The highest BCUT2D eigenvalue weighted by Gasteiger charge is 2.09. The van der Waals surface area contributed by atoms with Crippen molar-refractivity contribution in [2.24, 2.45) is 0 Å². The number of ether oxygens (including phenoxy) is 1. The van der Waals surface area contributed by atoms with Crippen molar-refractivity contribution < 1.29 is 4.74 Å². The van der Waals surface area contributed by atoms with Gasteiger partial charge in [-0.2, -0.15) is 0 Å². The molecule has 0 aliphatic carbocycles. The number of hydrogen-bond donors (Lipinski definition) is 2. The van der Waals surface area contributed by atoms with E-state index in [1.165, 1.54) is 0 Å². The summed E-state index contributed by atoms with van der Waals surface area (Å²) in [6.45, 7) is 2.05. The number of aromatic amines is 1. The summed E-state index contributed by atoms with van der Waals surface area (Å²) in [5.41, 5.74) is 9.82. The number of rotatable bonds is 3. The monoisotopic (exact) mass is 285 g/mol. The lowest BCUT2D eigenvalue weighted by atomic mass is 10.2. The molecule has 3 aromatic rings. The third kappa shape index (κ3) is 2.32. The second-order valence-electron chi connectivity index (χ2n) is 4.52. The fourth-order valence-electron chi connectivity index (χ4n) is 2.05. The number of nitrogens with one attached hydrogen (secondary N) is 1. The van der Waals surface area contributed by atoms with E-state index in [4.69, 9.17) is 10.5 Å². The maximum atomic E-state index is 6.03. The van der Waals surface area contributed by atoms with Crippen LogP contribution in [0.1, 0.15) is 5.56 Å². The number of methoxy groups -OCH3 is 1. The maximum Gasteiger partial charge on any atom is 0.171 e. The SMILES string of the molecule is COc1ccc2nc(Sc3c(C)cccc3N)[nH]c2c1. The number of aromatic nitrogens is 2. The summed E-state index contributed by atoms with van der Waals surface area (Å²) in [4.78, 5) is 8.89. The molecule has 3 rings (SSSR count). The van der Waals surface area contributed by atoms with Gasteiger partial charge in [0.05, 0.1) is 18.1 Å². The molecule has 0 bridgehead atoms. The number of aryl methyl sites for hydroxylation is 1. The number of anilines is 1. The molecule has 0 radical (unpaired) electrons. The van der Waals surface area contributed by atoms with Crippen molar-refractivity contribution in [1.29, 1.82) is 0 Å². The molecule has 0 atom stereocenters. The largest absolute Gasteiger partial charge is 0.497 e. The van der Waals surface area contributed by atoms with Crippen molar-refractivity contribution in [1.82, 2.24) is 9.97 Å². The van der Waals surface area contributed by atoms with E-state index in [2.05, 4.69) is 9.97 Å². The van der Waals surface area contributed by atoms with Crippen molar-refractivity contribution in [3.05, 3.63) is 42.0 Å². The van der Waals surface area contributed by atoms with Gasteiger partial charge in [-0.25, -0.2) is 4.98 Å². The molecule has 0 unspecified atom stereocenters. The molecule has 0 aliphatic rings. The Balaban J connectivity index is 1.99. The van der Waals surface area contributed by atoms with E-state index in [0.29, 0.717) is 0 Å². The minimum absolute atomic E-state index is 0.771. The molecular formula is C15H15N3OS. The third-order valence-electron chi connectivity index (χ3n) is 3.11. The van der Waals surface area contributed by atoms with Crippen LogP contribution in [-0.2, 0) is 0 Å². The van der Waals surface area contributed by atoms with E-state index in [9.17, 15) is 0 Å². The van der Waals surface area contributed by atoms with Crippen LogP contribution in [0.4, 0.5) is 5.69 Å². The minimum atomic E-state index is 0.771. The topological polar surface area (TPSA) is 63.9 Å². The number of nitrogen functional groups attached to an aromatic ring is 1. The predicted octanol–water partition coefficient (Wildman–Crippen LogP) is 3.61. The van der Waals surface area contributed by atoms with Crippen molar-refractivity contribution >= 4 is 28.5 Å². The van der Waals surface area contributed by atoms with Gasteiger partial charge in [0, 0.05) is 16.6 Å². The molecule has 0 saturated carbocycles. The first-order valence-corrected chi connectivity index (χ1v) is 7.06. The van der Waals surface area contributed by atoms with E-state index in [1.54, 1.807) is 18.9 Å². The van der Waals surface area contributed by atoms with E-state index in [-0.39, 0.29) is 0 Å². The van der Waals surface area contributed by atoms with E-state index in [1.807, 2.05) is 43.3 Å². The molecule has 2 aromatic carbocycles. The molecule has 20 heavy (non-hydrogen) atoms. The van der Waals surface area contributed by atoms with Crippen molar-refractivity contribution in [3.63, 3.8) is 0 Å². The van der Waals surface area contributed by atoms with Gasteiger partial charge in [-0.15, -0.1) is 0 Å². The number of H-pyrrole nitrogens is 1. The zero-order valence-corrected chi connectivity index (χ0v) is 12.1. The van der Waals surface area contributed by atoms with E-state index in [0.717, 1.165) is 38.1 Å². The number of fused-ring (bicyclic) bond motifs is 1. The van der Waals surface area contributed by atoms with Crippen LogP contribution in [-0.4, -0.2) is 17.1 Å². The highest BCUT2D eigenvalue weighted by Crippen LogP contribution is 2.34. The zero-order chi connectivity index (χ0) is 14.1. The number of hydrogen-bond acceptors (Lipinski definition) is 4. The van der Waals surface area contributed by atoms with E-state index >= 15 is 0 Å². The molecule has 1 heterocycles. The average Bonchev–Trinajstić information content (AvgIpc) is 2.84. The van der Waals surface area contributed by atoms with Gasteiger partial charge in [0.2, 0.25) is 0 Å². The Kier molecular flexibility index (Phi) is 3.28. The minimum Gasteiger partial charge on any atom is -0.497 e. The maximum absolute atomic E-state index is 6.03. The molecule has 4 nitrogen and oxygen atoms in total. The van der Waals surface area contributed by atoms with Crippen LogP contribution in [0.2, 0.25) is 0 Å².